The van der Waals surface area contributed by atoms with E-state index >= 15 is 0 Å². The van der Waals surface area contributed by atoms with Crippen LogP contribution in [0.3, 0.4) is 0 Å². The van der Waals surface area contributed by atoms with E-state index in [1.807, 2.05) is 0 Å². The van der Waals surface area contributed by atoms with Gasteiger partial charge in [-0.15, -0.1) is 0 Å². The van der Waals surface area contributed by atoms with E-state index in [9.17, 15) is 35.1 Å². The SMILES string of the molecule is OB(O)OC1(F)C(F)=C(F)C(F)C(F)(F)C1(F)F. The molecule has 0 fully saturated rings. The highest BCUT2D eigenvalue weighted by atomic mass is 19.3. The third-order valence-electron chi connectivity index (χ3n) is 2.12. The van der Waals surface area contributed by atoms with Crippen molar-refractivity contribution in [3.05, 3.63) is 11.7 Å². The molecule has 3 nitrogen and oxygen atoms in total. The highest BCUT2D eigenvalue weighted by Crippen LogP contribution is 2.57. The fourth-order valence-electron chi connectivity index (χ4n) is 1.21. The van der Waals surface area contributed by atoms with Crippen molar-refractivity contribution < 1.29 is 49.8 Å². The summed E-state index contributed by atoms with van der Waals surface area (Å²) in [5.74, 6) is -24.2. The van der Waals surface area contributed by atoms with E-state index in [-0.39, 0.29) is 0 Å². The number of hydrogen-bond donors (Lipinski definition) is 2. The molecule has 2 unspecified atom stereocenters. The number of halogens is 8. The average Bonchev–Trinajstić information content (AvgIpc) is 2.22. The first-order chi connectivity index (χ1) is 7.89. The summed E-state index contributed by atoms with van der Waals surface area (Å²) in [5, 5.41) is 16.1. The number of allylic oxidation sites excluding steroid dienone is 1. The van der Waals surface area contributed by atoms with Crippen molar-refractivity contribution in [3.8, 4) is 0 Å². The Balaban J connectivity index is 3.48. The van der Waals surface area contributed by atoms with Gasteiger partial charge in [-0.1, -0.05) is 0 Å². The highest BCUT2D eigenvalue weighted by molar-refractivity contribution is 6.32. The lowest BCUT2D eigenvalue weighted by atomic mass is 9.90. The Hall–Kier alpha value is -0.875. The zero-order chi connectivity index (χ0) is 14.5. The molecule has 0 aromatic rings. The van der Waals surface area contributed by atoms with Crippen LogP contribution in [0.25, 0.3) is 0 Å². The lowest BCUT2D eigenvalue weighted by Gasteiger charge is -2.40. The molecule has 2 atom stereocenters. The molecule has 104 valence electrons. The summed E-state index contributed by atoms with van der Waals surface area (Å²) in [6.45, 7) is 0. The second kappa shape index (κ2) is 4.06. The maximum atomic E-state index is 13.3. The van der Waals surface area contributed by atoms with Gasteiger partial charge in [0, 0.05) is 0 Å². The van der Waals surface area contributed by atoms with E-state index in [2.05, 4.69) is 4.65 Å². The second-order valence-electron chi connectivity index (χ2n) is 3.26. The van der Waals surface area contributed by atoms with Gasteiger partial charge in [0.05, 0.1) is 0 Å². The molecule has 1 rings (SSSR count). The summed E-state index contributed by atoms with van der Waals surface area (Å²) in [6.07, 6.45) is -4.43. The monoisotopic (exact) mass is 286 g/mol. The summed E-state index contributed by atoms with van der Waals surface area (Å²) in [6, 6.07) is 0. The number of alkyl halides is 6. The fourth-order valence-corrected chi connectivity index (χ4v) is 1.21. The van der Waals surface area contributed by atoms with E-state index in [1.54, 1.807) is 0 Å². The smallest absolute Gasteiger partial charge is 0.402 e. The predicted octanol–water partition coefficient (Wildman–Crippen LogP) is 1.41. The van der Waals surface area contributed by atoms with Crippen molar-refractivity contribution in [2.24, 2.45) is 0 Å². The molecule has 0 aliphatic heterocycles. The predicted molar refractivity (Wildman–Crippen MR) is 39.1 cm³/mol. The molecule has 12 heteroatoms. The van der Waals surface area contributed by atoms with Crippen LogP contribution in [0.15, 0.2) is 11.7 Å². The molecule has 1 aliphatic rings. The van der Waals surface area contributed by atoms with Gasteiger partial charge in [-0.25, -0.2) is 13.2 Å². The zero-order valence-corrected chi connectivity index (χ0v) is 7.98. The van der Waals surface area contributed by atoms with Crippen molar-refractivity contribution in [2.75, 3.05) is 0 Å². The molecular weight excluding hydrogens is 283 g/mol. The summed E-state index contributed by atoms with van der Waals surface area (Å²) in [5.41, 5.74) is 0. The summed E-state index contributed by atoms with van der Waals surface area (Å²) >= 11 is 0. The van der Waals surface area contributed by atoms with Crippen LogP contribution in [-0.2, 0) is 4.65 Å². The third kappa shape index (κ3) is 1.70. The Morgan fingerprint density at radius 3 is 1.89 bits per heavy atom. The molecule has 18 heavy (non-hydrogen) atoms. The number of rotatable bonds is 2. The molecule has 0 heterocycles. The molecule has 1 aliphatic carbocycles. The van der Waals surface area contributed by atoms with Gasteiger partial charge in [0.1, 0.15) is 0 Å². The van der Waals surface area contributed by atoms with Crippen LogP contribution in [-0.4, -0.2) is 41.2 Å². The standard InChI is InChI=1S/C6H3BF8O3/c8-1-2(9)4(11,12)6(14,15)5(13,3(1)10)18-7(16)17/h2,16-17H. The minimum Gasteiger partial charge on any atom is -0.402 e. The van der Waals surface area contributed by atoms with E-state index < -0.39 is 42.8 Å². The maximum absolute atomic E-state index is 13.3. The fraction of sp³-hybridized carbons (Fsp3) is 0.667. The van der Waals surface area contributed by atoms with E-state index in [4.69, 9.17) is 10.0 Å². The van der Waals surface area contributed by atoms with Gasteiger partial charge >= 0.3 is 25.0 Å². The maximum Gasteiger partial charge on any atom is 0.636 e. The van der Waals surface area contributed by atoms with Crippen molar-refractivity contribution >= 4 is 7.32 Å². The lowest BCUT2D eigenvalue weighted by Crippen LogP contribution is -2.66. The first-order valence-corrected chi connectivity index (χ1v) is 4.07. The minimum absolute atomic E-state index is 2.84. The lowest BCUT2D eigenvalue weighted by molar-refractivity contribution is -0.342. The van der Waals surface area contributed by atoms with Crippen LogP contribution >= 0.6 is 0 Å². The van der Waals surface area contributed by atoms with Crippen molar-refractivity contribution in [1.29, 1.82) is 0 Å². The van der Waals surface area contributed by atoms with Crippen LogP contribution < -0.4 is 0 Å². The van der Waals surface area contributed by atoms with Crippen molar-refractivity contribution in [2.45, 2.75) is 23.9 Å². The molecule has 0 saturated carbocycles. The molecule has 0 aromatic heterocycles. The van der Waals surface area contributed by atoms with Gasteiger partial charge in [-0.2, -0.15) is 22.0 Å². The Labute approximate surface area is 93.8 Å². The van der Waals surface area contributed by atoms with Crippen molar-refractivity contribution in [1.82, 2.24) is 0 Å². The summed E-state index contributed by atoms with van der Waals surface area (Å²) < 4.78 is 105. The van der Waals surface area contributed by atoms with Crippen LogP contribution in [0.5, 0.6) is 0 Å². The van der Waals surface area contributed by atoms with Crippen LogP contribution in [0, 0.1) is 0 Å². The first kappa shape index (κ1) is 15.2. The topological polar surface area (TPSA) is 49.7 Å². The van der Waals surface area contributed by atoms with E-state index in [0.717, 1.165) is 0 Å². The Morgan fingerprint density at radius 1 is 1.06 bits per heavy atom. The summed E-state index contributed by atoms with van der Waals surface area (Å²) in [4.78, 5) is 0. The molecule has 2 N–H and O–H groups in total. The quantitative estimate of drug-likeness (QED) is 0.596. The molecule has 0 aromatic carbocycles. The van der Waals surface area contributed by atoms with Crippen LogP contribution in [0.1, 0.15) is 0 Å². The average molecular weight is 286 g/mol. The van der Waals surface area contributed by atoms with Gasteiger partial charge in [-0.05, 0) is 0 Å². The normalized spacial score (nSPS) is 34.7. The van der Waals surface area contributed by atoms with Gasteiger partial charge in [-0.3, -0.25) is 0 Å². The Morgan fingerprint density at radius 2 is 1.50 bits per heavy atom. The molecule has 0 amide bonds. The second-order valence-corrected chi connectivity index (χ2v) is 3.26. The third-order valence-corrected chi connectivity index (χ3v) is 2.12. The Bertz CT molecular complexity index is 385. The summed E-state index contributed by atoms with van der Waals surface area (Å²) in [7, 11) is -3.47. The van der Waals surface area contributed by atoms with Crippen LogP contribution in [0.2, 0.25) is 0 Å². The molecule has 0 saturated heterocycles. The van der Waals surface area contributed by atoms with Gasteiger partial charge in [0.15, 0.2) is 5.83 Å². The van der Waals surface area contributed by atoms with Crippen molar-refractivity contribution in [3.63, 3.8) is 0 Å². The van der Waals surface area contributed by atoms with Gasteiger partial charge in [0.25, 0.3) is 0 Å². The van der Waals surface area contributed by atoms with Gasteiger partial charge < -0.3 is 14.7 Å². The van der Waals surface area contributed by atoms with E-state index in [1.165, 1.54) is 0 Å². The molecular formula is C6H3BF8O3. The van der Waals surface area contributed by atoms with Gasteiger partial charge in [0.2, 0.25) is 12.0 Å². The largest absolute Gasteiger partial charge is 0.636 e. The Kier molecular flexibility index (Phi) is 3.43. The molecule has 0 bridgehead atoms. The first-order valence-electron chi connectivity index (χ1n) is 4.07. The molecule has 0 radical (unpaired) electrons. The minimum atomic E-state index is -6.21. The van der Waals surface area contributed by atoms with Crippen LogP contribution in [0.4, 0.5) is 35.1 Å². The molecule has 0 spiro atoms. The zero-order valence-electron chi connectivity index (χ0n) is 7.98. The highest BCUT2D eigenvalue weighted by Gasteiger charge is 2.81. The van der Waals surface area contributed by atoms with E-state index in [0.29, 0.717) is 0 Å². The number of hydrogen-bond acceptors (Lipinski definition) is 3.